The summed E-state index contributed by atoms with van der Waals surface area (Å²) in [6.07, 6.45) is 3.22. The largest absolute Gasteiger partial charge is 0.354 e. The Morgan fingerprint density at radius 1 is 1.33 bits per heavy atom. The van der Waals surface area contributed by atoms with Crippen LogP contribution in [0, 0.1) is 5.92 Å². The molecule has 0 unspecified atom stereocenters. The topological polar surface area (TPSA) is 73.2 Å². The monoisotopic (exact) mass is 327 g/mol. The fourth-order valence-corrected chi connectivity index (χ4v) is 3.02. The minimum Gasteiger partial charge on any atom is -0.354 e. The van der Waals surface area contributed by atoms with E-state index >= 15 is 0 Å². The number of carbonyl (C=O) groups excluding carboxylic acids is 1. The van der Waals surface area contributed by atoms with Gasteiger partial charge in [-0.1, -0.05) is 32.0 Å². The molecule has 2 aromatic rings. The first-order valence-corrected chi connectivity index (χ1v) is 8.19. The van der Waals surface area contributed by atoms with Gasteiger partial charge < -0.3 is 10.1 Å². The first-order valence-electron chi connectivity index (χ1n) is 8.19. The third-order valence-corrected chi connectivity index (χ3v) is 4.36. The van der Waals surface area contributed by atoms with Crippen LogP contribution in [0.2, 0.25) is 0 Å². The second kappa shape index (κ2) is 6.97. The minimum atomic E-state index is -0.421. The molecule has 1 aliphatic heterocycles. The van der Waals surface area contributed by atoms with Crippen LogP contribution in [0.15, 0.2) is 47.4 Å². The summed E-state index contributed by atoms with van der Waals surface area (Å²) in [6.45, 7) is 4.20. The summed E-state index contributed by atoms with van der Waals surface area (Å²) in [5.41, 5.74) is 0.0945. The van der Waals surface area contributed by atoms with Gasteiger partial charge in [-0.05, 0) is 37.0 Å². The molecule has 2 heterocycles. The lowest BCUT2D eigenvalue weighted by Crippen LogP contribution is -2.28. The van der Waals surface area contributed by atoms with Gasteiger partial charge in [-0.2, -0.15) is 4.98 Å². The van der Waals surface area contributed by atoms with Crippen molar-refractivity contribution in [3.63, 3.8) is 0 Å². The van der Waals surface area contributed by atoms with Crippen molar-refractivity contribution in [2.24, 2.45) is 5.92 Å². The molecule has 0 bridgehead atoms. The van der Waals surface area contributed by atoms with Crippen LogP contribution in [-0.4, -0.2) is 21.6 Å². The van der Waals surface area contributed by atoms with Gasteiger partial charge in [-0.3, -0.25) is 9.36 Å². The van der Waals surface area contributed by atoms with Crippen molar-refractivity contribution < 1.29 is 9.53 Å². The molecule has 1 aromatic carbocycles. The number of amides is 1. The number of benzene rings is 1. The molecular formula is C18H21N3O3. The van der Waals surface area contributed by atoms with E-state index in [1.54, 1.807) is 36.5 Å². The molecule has 3 atom stereocenters. The molecule has 0 aliphatic carbocycles. The highest BCUT2D eigenvalue weighted by atomic mass is 16.5. The highest BCUT2D eigenvalue weighted by Crippen LogP contribution is 2.33. The molecule has 1 N–H and O–H groups in total. The molecule has 126 valence electrons. The average molecular weight is 327 g/mol. The van der Waals surface area contributed by atoms with Crippen molar-refractivity contribution in [2.75, 3.05) is 5.32 Å². The zero-order chi connectivity index (χ0) is 17.1. The van der Waals surface area contributed by atoms with Gasteiger partial charge in [0, 0.05) is 11.8 Å². The van der Waals surface area contributed by atoms with E-state index in [9.17, 15) is 9.59 Å². The molecule has 3 rings (SSSR count). The number of nitrogens with one attached hydrogen (secondary N) is 1. The Bertz CT molecular complexity index is 773. The van der Waals surface area contributed by atoms with E-state index in [2.05, 4.69) is 24.1 Å². The molecule has 1 aromatic heterocycles. The second-order valence-corrected chi connectivity index (χ2v) is 6.07. The van der Waals surface area contributed by atoms with Crippen molar-refractivity contribution in [1.29, 1.82) is 0 Å². The number of nitrogens with zero attached hydrogens (tertiary/aromatic N) is 2. The molecule has 1 fully saturated rings. The lowest BCUT2D eigenvalue weighted by atomic mass is 10.0. The molecule has 6 heteroatoms. The molecule has 1 aliphatic rings. The zero-order valence-electron chi connectivity index (χ0n) is 13.8. The zero-order valence-corrected chi connectivity index (χ0v) is 13.8. The molecule has 24 heavy (non-hydrogen) atoms. The number of anilines is 1. The Morgan fingerprint density at radius 2 is 2.08 bits per heavy atom. The quantitative estimate of drug-likeness (QED) is 0.937. The summed E-state index contributed by atoms with van der Waals surface area (Å²) in [5.74, 6) is 0.351. The number of hydrogen-bond acceptors (Lipinski definition) is 4. The van der Waals surface area contributed by atoms with E-state index < -0.39 is 5.69 Å². The van der Waals surface area contributed by atoms with Crippen LogP contribution in [0.5, 0.6) is 0 Å². The summed E-state index contributed by atoms with van der Waals surface area (Å²) in [4.78, 5) is 28.3. The summed E-state index contributed by atoms with van der Waals surface area (Å²) in [6, 6.07) is 10.4. The van der Waals surface area contributed by atoms with Crippen molar-refractivity contribution in [2.45, 2.75) is 39.0 Å². The van der Waals surface area contributed by atoms with Crippen molar-refractivity contribution >= 4 is 11.7 Å². The highest BCUT2D eigenvalue weighted by Gasteiger charge is 2.32. The van der Waals surface area contributed by atoms with Crippen LogP contribution >= 0.6 is 0 Å². The van der Waals surface area contributed by atoms with Gasteiger partial charge >= 0.3 is 5.69 Å². The maximum atomic E-state index is 12.3. The summed E-state index contributed by atoms with van der Waals surface area (Å²) < 4.78 is 7.41. The minimum absolute atomic E-state index is 0.166. The smallest absolute Gasteiger partial charge is 0.351 e. The average Bonchev–Trinajstić information content (AvgIpc) is 2.96. The number of hydrogen-bond donors (Lipinski definition) is 1. The first-order chi connectivity index (χ1) is 11.6. The molecule has 0 saturated carbocycles. The highest BCUT2D eigenvalue weighted by molar-refractivity contribution is 6.03. The molecule has 0 spiro atoms. The van der Waals surface area contributed by atoms with Gasteiger partial charge in [0.15, 0.2) is 0 Å². The van der Waals surface area contributed by atoms with Crippen LogP contribution in [0.1, 0.15) is 43.3 Å². The Morgan fingerprint density at radius 3 is 2.71 bits per heavy atom. The first kappa shape index (κ1) is 16.4. The Balaban J connectivity index is 1.74. The molecular weight excluding hydrogens is 306 g/mol. The van der Waals surface area contributed by atoms with E-state index in [-0.39, 0.29) is 24.1 Å². The Labute approximate surface area is 140 Å². The lowest BCUT2D eigenvalue weighted by molar-refractivity contribution is -0.00747. The number of aromatic nitrogens is 2. The SMILES string of the molecule is CC[C@H]1O[C@@H](n2ccc(NC(=O)c3ccccc3)nc2=O)C[C@@H]1C. The molecule has 0 radical (unpaired) electrons. The van der Waals surface area contributed by atoms with E-state index in [0.29, 0.717) is 11.5 Å². The van der Waals surface area contributed by atoms with Crippen LogP contribution in [0.25, 0.3) is 0 Å². The van der Waals surface area contributed by atoms with E-state index in [1.165, 1.54) is 4.57 Å². The third-order valence-electron chi connectivity index (χ3n) is 4.36. The predicted molar refractivity (Wildman–Crippen MR) is 90.9 cm³/mol. The van der Waals surface area contributed by atoms with E-state index in [1.807, 2.05) is 6.07 Å². The van der Waals surface area contributed by atoms with Gasteiger partial charge in [-0.25, -0.2) is 4.79 Å². The van der Waals surface area contributed by atoms with Gasteiger partial charge in [0.25, 0.3) is 5.91 Å². The van der Waals surface area contributed by atoms with Gasteiger partial charge in [0.05, 0.1) is 6.10 Å². The molecule has 6 nitrogen and oxygen atoms in total. The summed E-state index contributed by atoms with van der Waals surface area (Å²) >= 11 is 0. The van der Waals surface area contributed by atoms with Crippen LogP contribution in [0.4, 0.5) is 5.82 Å². The van der Waals surface area contributed by atoms with Crippen molar-refractivity contribution in [3.8, 4) is 0 Å². The van der Waals surface area contributed by atoms with Crippen LogP contribution in [-0.2, 0) is 4.74 Å². The molecule has 1 saturated heterocycles. The lowest BCUT2D eigenvalue weighted by Gasteiger charge is -2.15. The van der Waals surface area contributed by atoms with E-state index in [0.717, 1.165) is 12.8 Å². The number of ether oxygens (including phenoxy) is 1. The van der Waals surface area contributed by atoms with E-state index in [4.69, 9.17) is 4.74 Å². The fourth-order valence-electron chi connectivity index (χ4n) is 3.02. The van der Waals surface area contributed by atoms with Gasteiger partial charge in [0.1, 0.15) is 12.0 Å². The van der Waals surface area contributed by atoms with Crippen LogP contribution in [0.3, 0.4) is 0 Å². The number of carbonyl (C=O) groups is 1. The second-order valence-electron chi connectivity index (χ2n) is 6.07. The van der Waals surface area contributed by atoms with Crippen LogP contribution < -0.4 is 11.0 Å². The summed E-state index contributed by atoms with van der Waals surface area (Å²) in [5, 5.41) is 2.64. The Hall–Kier alpha value is -2.47. The van der Waals surface area contributed by atoms with Crippen molar-refractivity contribution in [3.05, 3.63) is 58.6 Å². The maximum absolute atomic E-state index is 12.3. The van der Waals surface area contributed by atoms with Gasteiger partial charge in [-0.15, -0.1) is 0 Å². The standard InChI is InChI=1S/C18H21N3O3/c1-3-14-12(2)11-16(24-14)21-10-9-15(20-18(21)23)19-17(22)13-7-5-4-6-8-13/h4-10,12,14,16H,3,11H2,1-2H3,(H,19,20,22,23)/t12-,14+,16+/m0/s1. The van der Waals surface area contributed by atoms with Crippen molar-refractivity contribution in [1.82, 2.24) is 9.55 Å². The van der Waals surface area contributed by atoms with Gasteiger partial charge in [0.2, 0.25) is 0 Å². The third kappa shape index (κ3) is 3.38. The predicted octanol–water partition coefficient (Wildman–Crippen LogP) is 2.83. The normalized spacial score (nSPS) is 23.2. The maximum Gasteiger partial charge on any atom is 0.351 e. The molecule has 1 amide bonds. The number of rotatable bonds is 4. The fraction of sp³-hybridized carbons (Fsp3) is 0.389. The summed E-state index contributed by atoms with van der Waals surface area (Å²) in [7, 11) is 0. The Kier molecular flexibility index (Phi) is 4.76.